The Hall–Kier alpha value is -0.870. The second-order valence-electron chi connectivity index (χ2n) is 2.94. The van der Waals surface area contributed by atoms with Crippen molar-refractivity contribution in [3.8, 4) is 0 Å². The maximum absolute atomic E-state index is 13.1. The van der Waals surface area contributed by atoms with Gasteiger partial charge in [-0.2, -0.15) is 0 Å². The van der Waals surface area contributed by atoms with E-state index in [1.165, 1.54) is 0 Å². The van der Waals surface area contributed by atoms with E-state index in [2.05, 4.69) is 4.98 Å². The molecule has 0 fully saturated rings. The van der Waals surface area contributed by atoms with Crippen LogP contribution in [-0.4, -0.2) is 16.1 Å². The van der Waals surface area contributed by atoms with E-state index in [0.717, 1.165) is 6.07 Å². The minimum Gasteiger partial charge on any atom is -0.481 e. The van der Waals surface area contributed by atoms with Crippen LogP contribution in [-0.2, 0) is 4.79 Å². The molecule has 1 unspecified atom stereocenters. The molecule has 0 saturated heterocycles. The van der Waals surface area contributed by atoms with Crippen molar-refractivity contribution in [1.29, 1.82) is 0 Å². The lowest BCUT2D eigenvalue weighted by atomic mass is 9.98. The molecule has 0 aliphatic carbocycles. The summed E-state index contributed by atoms with van der Waals surface area (Å²) < 4.78 is 13.1. The van der Waals surface area contributed by atoms with Gasteiger partial charge in [-0.3, -0.25) is 4.79 Å². The summed E-state index contributed by atoms with van der Waals surface area (Å²) in [5, 5.41) is 8.44. The number of carbonyl (C=O) groups is 1. The monoisotopic (exact) mass is 251 g/mol. The number of pyridine rings is 1. The number of nitrogens with zero attached hydrogens (tertiary/aromatic N) is 1. The van der Waals surface area contributed by atoms with Crippen LogP contribution in [0.25, 0.3) is 0 Å². The van der Waals surface area contributed by atoms with Crippen molar-refractivity contribution in [3.05, 3.63) is 27.8 Å². The smallest absolute Gasteiger partial charge is 0.311 e. The zero-order chi connectivity index (χ0) is 11.6. The van der Waals surface area contributed by atoms with Gasteiger partial charge in [0.05, 0.1) is 5.92 Å². The van der Waals surface area contributed by atoms with Gasteiger partial charge in [-0.25, -0.2) is 9.37 Å². The number of carboxylic acid groups (broad SMARTS) is 1. The van der Waals surface area contributed by atoms with Gasteiger partial charge in [-0.15, -0.1) is 0 Å². The summed E-state index contributed by atoms with van der Waals surface area (Å²) in [5.41, 5.74) is 0.147. The van der Waals surface area contributed by atoms with Crippen LogP contribution in [0.5, 0.6) is 0 Å². The molecule has 1 aromatic rings. The first-order chi connectivity index (χ1) is 6.97. The molecule has 0 radical (unpaired) electrons. The molecule has 0 aliphatic heterocycles. The SMILES string of the molecule is CCC(C(=O)O)c1cc(F)c(Cl)nc1Cl. The van der Waals surface area contributed by atoms with Crippen LogP contribution in [0.15, 0.2) is 6.07 Å². The van der Waals surface area contributed by atoms with Crippen molar-refractivity contribution >= 4 is 29.2 Å². The van der Waals surface area contributed by atoms with Crippen molar-refractivity contribution in [1.82, 2.24) is 4.98 Å². The molecule has 6 heteroatoms. The summed E-state index contributed by atoms with van der Waals surface area (Å²) in [6, 6.07) is 1.01. The highest BCUT2D eigenvalue weighted by Crippen LogP contribution is 2.28. The zero-order valence-corrected chi connectivity index (χ0v) is 9.31. The predicted octanol–water partition coefficient (Wildman–Crippen LogP) is 3.11. The van der Waals surface area contributed by atoms with Crippen LogP contribution >= 0.6 is 23.2 Å². The van der Waals surface area contributed by atoms with Crippen LogP contribution in [0.3, 0.4) is 0 Å². The summed E-state index contributed by atoms with van der Waals surface area (Å²) in [4.78, 5) is 14.4. The summed E-state index contributed by atoms with van der Waals surface area (Å²) >= 11 is 11.1. The van der Waals surface area contributed by atoms with Gasteiger partial charge in [-0.1, -0.05) is 30.1 Å². The van der Waals surface area contributed by atoms with Crippen molar-refractivity contribution < 1.29 is 14.3 Å². The molecular weight excluding hydrogens is 244 g/mol. The number of halogens is 3. The van der Waals surface area contributed by atoms with E-state index in [0.29, 0.717) is 6.42 Å². The van der Waals surface area contributed by atoms with Gasteiger partial charge in [0.25, 0.3) is 0 Å². The van der Waals surface area contributed by atoms with E-state index in [-0.39, 0.29) is 15.9 Å². The highest BCUT2D eigenvalue weighted by molar-refractivity contribution is 6.33. The van der Waals surface area contributed by atoms with Gasteiger partial charge in [0.2, 0.25) is 0 Å². The average Bonchev–Trinajstić information content (AvgIpc) is 2.14. The Morgan fingerprint density at radius 3 is 2.67 bits per heavy atom. The largest absolute Gasteiger partial charge is 0.481 e. The van der Waals surface area contributed by atoms with E-state index in [4.69, 9.17) is 28.3 Å². The number of carboxylic acids is 1. The van der Waals surface area contributed by atoms with Gasteiger partial charge >= 0.3 is 5.97 Å². The number of aromatic nitrogens is 1. The molecule has 0 bridgehead atoms. The lowest BCUT2D eigenvalue weighted by Crippen LogP contribution is -2.12. The lowest BCUT2D eigenvalue weighted by molar-refractivity contribution is -0.138. The van der Waals surface area contributed by atoms with Crippen molar-refractivity contribution in [3.63, 3.8) is 0 Å². The molecule has 1 rings (SSSR count). The predicted molar refractivity (Wildman–Crippen MR) is 54.9 cm³/mol. The number of rotatable bonds is 3. The Kier molecular flexibility index (Phi) is 3.88. The van der Waals surface area contributed by atoms with Gasteiger partial charge < -0.3 is 5.11 Å². The Bertz CT molecular complexity index is 398. The zero-order valence-electron chi connectivity index (χ0n) is 7.80. The minimum absolute atomic E-state index is 0.0735. The van der Waals surface area contributed by atoms with Crippen LogP contribution in [0.2, 0.25) is 10.3 Å². The van der Waals surface area contributed by atoms with Crippen LogP contribution < -0.4 is 0 Å². The standard InChI is InChI=1S/C9H8Cl2FNO2/c1-2-4(9(14)15)5-3-6(12)8(11)13-7(5)10/h3-4H,2H2,1H3,(H,14,15). The maximum Gasteiger partial charge on any atom is 0.311 e. The lowest BCUT2D eigenvalue weighted by Gasteiger charge is -2.11. The highest BCUT2D eigenvalue weighted by atomic mass is 35.5. The quantitative estimate of drug-likeness (QED) is 0.841. The summed E-state index contributed by atoms with van der Waals surface area (Å²) in [7, 11) is 0. The fourth-order valence-corrected chi connectivity index (χ4v) is 1.68. The first kappa shape index (κ1) is 12.2. The molecule has 0 aromatic carbocycles. The molecule has 1 atom stereocenters. The van der Waals surface area contributed by atoms with Gasteiger partial charge in [0.15, 0.2) is 11.0 Å². The van der Waals surface area contributed by atoms with Crippen molar-refractivity contribution in [2.45, 2.75) is 19.3 Å². The van der Waals surface area contributed by atoms with E-state index >= 15 is 0 Å². The Morgan fingerprint density at radius 1 is 1.60 bits per heavy atom. The molecular formula is C9H8Cl2FNO2. The van der Waals surface area contributed by atoms with E-state index in [1.807, 2.05) is 0 Å². The molecule has 3 nitrogen and oxygen atoms in total. The van der Waals surface area contributed by atoms with Gasteiger partial charge in [0, 0.05) is 5.56 Å². The Balaban J connectivity index is 3.24. The Labute approximate surface area is 95.8 Å². The molecule has 1 heterocycles. The first-order valence-corrected chi connectivity index (χ1v) is 4.97. The molecule has 0 aliphatic rings. The maximum atomic E-state index is 13.1. The number of hydrogen-bond donors (Lipinski definition) is 1. The second kappa shape index (κ2) is 4.77. The highest BCUT2D eigenvalue weighted by Gasteiger charge is 2.22. The van der Waals surface area contributed by atoms with Gasteiger partial charge in [0.1, 0.15) is 5.15 Å². The fourth-order valence-electron chi connectivity index (χ4n) is 1.23. The third kappa shape index (κ3) is 2.58. The van der Waals surface area contributed by atoms with E-state index in [1.54, 1.807) is 6.92 Å². The van der Waals surface area contributed by atoms with E-state index in [9.17, 15) is 9.18 Å². The molecule has 0 spiro atoms. The summed E-state index contributed by atoms with van der Waals surface area (Å²) in [6.45, 7) is 1.67. The molecule has 1 aromatic heterocycles. The second-order valence-corrected chi connectivity index (χ2v) is 3.66. The molecule has 15 heavy (non-hydrogen) atoms. The third-order valence-electron chi connectivity index (χ3n) is 2.00. The first-order valence-electron chi connectivity index (χ1n) is 4.21. The van der Waals surface area contributed by atoms with Gasteiger partial charge in [-0.05, 0) is 12.5 Å². The van der Waals surface area contributed by atoms with Crippen LogP contribution in [0.4, 0.5) is 4.39 Å². The number of aliphatic carboxylic acids is 1. The topological polar surface area (TPSA) is 50.2 Å². The van der Waals surface area contributed by atoms with Crippen molar-refractivity contribution in [2.24, 2.45) is 0 Å². The molecule has 0 saturated carbocycles. The van der Waals surface area contributed by atoms with E-state index < -0.39 is 17.7 Å². The Morgan fingerprint density at radius 2 is 2.20 bits per heavy atom. The molecule has 82 valence electrons. The molecule has 0 amide bonds. The summed E-state index contributed by atoms with van der Waals surface area (Å²) in [5.74, 6) is -2.70. The third-order valence-corrected chi connectivity index (χ3v) is 2.56. The molecule has 1 N–H and O–H groups in total. The average molecular weight is 252 g/mol. The minimum atomic E-state index is -1.07. The fraction of sp³-hybridized carbons (Fsp3) is 0.333. The number of hydrogen-bond acceptors (Lipinski definition) is 2. The normalized spacial score (nSPS) is 12.5. The van der Waals surface area contributed by atoms with Crippen molar-refractivity contribution in [2.75, 3.05) is 0 Å². The van der Waals surface area contributed by atoms with Crippen LogP contribution in [0.1, 0.15) is 24.8 Å². The van der Waals surface area contributed by atoms with Crippen LogP contribution in [0, 0.1) is 5.82 Å². The summed E-state index contributed by atoms with van der Waals surface area (Å²) in [6.07, 6.45) is 0.303.